The van der Waals surface area contributed by atoms with Crippen molar-refractivity contribution in [3.63, 3.8) is 0 Å². The zero-order valence-electron chi connectivity index (χ0n) is 13.5. The van der Waals surface area contributed by atoms with Gasteiger partial charge in [0, 0.05) is 25.5 Å². The van der Waals surface area contributed by atoms with Crippen molar-refractivity contribution in [1.82, 2.24) is 20.1 Å². The summed E-state index contributed by atoms with van der Waals surface area (Å²) in [6.45, 7) is 2.62. The Balaban J connectivity index is 1.42. The summed E-state index contributed by atoms with van der Waals surface area (Å²) in [7, 11) is 0. The number of halogens is 1. The molecule has 1 saturated heterocycles. The van der Waals surface area contributed by atoms with Gasteiger partial charge < -0.3 is 9.15 Å². The van der Waals surface area contributed by atoms with Crippen LogP contribution in [0.15, 0.2) is 53.2 Å². The van der Waals surface area contributed by atoms with Crippen LogP contribution in [0, 0.1) is 5.82 Å². The maximum Gasteiger partial charge on any atom is 0.249 e. The Morgan fingerprint density at radius 3 is 2.84 bits per heavy atom. The molecule has 0 saturated carbocycles. The first kappa shape index (κ1) is 15.9. The van der Waals surface area contributed by atoms with Gasteiger partial charge in [-0.25, -0.2) is 4.39 Å². The highest BCUT2D eigenvalue weighted by Crippen LogP contribution is 2.24. The molecule has 0 unspecified atom stereocenters. The van der Waals surface area contributed by atoms with E-state index < -0.39 is 0 Å². The number of pyridine rings is 1. The standard InChI is InChI=1S/C18H17FN4O2/c19-15-5-3-13(4-6-15)16-11-23(8-9-24-16)12-17-21-22-18(25-17)14-2-1-7-20-10-14/h1-7,10,16H,8-9,11-12H2/t16-/m0/s1. The van der Waals surface area contributed by atoms with E-state index in [1.807, 2.05) is 12.1 Å². The van der Waals surface area contributed by atoms with Gasteiger partial charge in [-0.05, 0) is 29.8 Å². The fourth-order valence-electron chi connectivity index (χ4n) is 2.84. The molecule has 4 rings (SSSR count). The van der Waals surface area contributed by atoms with E-state index >= 15 is 0 Å². The van der Waals surface area contributed by atoms with Gasteiger partial charge in [0.15, 0.2) is 0 Å². The molecule has 7 heteroatoms. The van der Waals surface area contributed by atoms with Crippen LogP contribution in [-0.2, 0) is 11.3 Å². The average Bonchev–Trinajstić information content (AvgIpc) is 3.12. The molecule has 0 radical (unpaired) electrons. The highest BCUT2D eigenvalue weighted by Gasteiger charge is 2.23. The van der Waals surface area contributed by atoms with Crippen LogP contribution >= 0.6 is 0 Å². The summed E-state index contributed by atoms with van der Waals surface area (Å²) < 4.78 is 24.6. The minimum absolute atomic E-state index is 0.0879. The summed E-state index contributed by atoms with van der Waals surface area (Å²) in [6.07, 6.45) is 3.30. The third kappa shape index (κ3) is 3.72. The van der Waals surface area contributed by atoms with Crippen LogP contribution in [-0.4, -0.2) is 39.8 Å². The van der Waals surface area contributed by atoms with Gasteiger partial charge in [0.05, 0.1) is 24.8 Å². The zero-order valence-corrected chi connectivity index (χ0v) is 13.5. The monoisotopic (exact) mass is 340 g/mol. The fraction of sp³-hybridized carbons (Fsp3) is 0.278. The van der Waals surface area contributed by atoms with Gasteiger partial charge >= 0.3 is 0 Å². The summed E-state index contributed by atoms with van der Waals surface area (Å²) in [6, 6.07) is 10.1. The Morgan fingerprint density at radius 1 is 1.16 bits per heavy atom. The van der Waals surface area contributed by atoms with Crippen LogP contribution < -0.4 is 0 Å². The Morgan fingerprint density at radius 2 is 2.04 bits per heavy atom. The van der Waals surface area contributed by atoms with Gasteiger partial charge in [-0.3, -0.25) is 9.88 Å². The second kappa shape index (κ2) is 7.08. The maximum absolute atomic E-state index is 13.1. The van der Waals surface area contributed by atoms with E-state index in [9.17, 15) is 4.39 Å². The molecule has 128 valence electrons. The topological polar surface area (TPSA) is 64.3 Å². The predicted molar refractivity (Wildman–Crippen MR) is 87.9 cm³/mol. The first-order valence-electron chi connectivity index (χ1n) is 8.10. The fourth-order valence-corrected chi connectivity index (χ4v) is 2.84. The Hall–Kier alpha value is -2.64. The van der Waals surface area contributed by atoms with E-state index in [1.54, 1.807) is 24.5 Å². The number of morpholine rings is 1. The zero-order chi connectivity index (χ0) is 17.1. The van der Waals surface area contributed by atoms with E-state index in [1.165, 1.54) is 12.1 Å². The number of ether oxygens (including phenoxy) is 1. The van der Waals surface area contributed by atoms with E-state index in [-0.39, 0.29) is 11.9 Å². The van der Waals surface area contributed by atoms with Gasteiger partial charge in [0.2, 0.25) is 11.8 Å². The molecule has 1 atom stereocenters. The highest BCUT2D eigenvalue weighted by molar-refractivity contribution is 5.49. The number of benzene rings is 1. The lowest BCUT2D eigenvalue weighted by atomic mass is 10.1. The lowest BCUT2D eigenvalue weighted by molar-refractivity contribution is -0.0351. The van der Waals surface area contributed by atoms with Crippen LogP contribution in [0.5, 0.6) is 0 Å². The van der Waals surface area contributed by atoms with E-state index in [2.05, 4.69) is 20.1 Å². The van der Waals surface area contributed by atoms with Gasteiger partial charge in [0.25, 0.3) is 0 Å². The molecule has 1 aromatic carbocycles. The number of rotatable bonds is 4. The van der Waals surface area contributed by atoms with Crippen molar-refractivity contribution < 1.29 is 13.5 Å². The molecule has 0 aliphatic carbocycles. The SMILES string of the molecule is Fc1ccc([C@@H]2CN(Cc3nnc(-c4cccnc4)o3)CCO2)cc1. The Bertz CT molecular complexity index is 823. The normalized spacial score (nSPS) is 18.4. The summed E-state index contributed by atoms with van der Waals surface area (Å²) in [5.41, 5.74) is 1.76. The van der Waals surface area contributed by atoms with Crippen molar-refractivity contribution in [2.45, 2.75) is 12.6 Å². The highest BCUT2D eigenvalue weighted by atomic mass is 19.1. The third-order valence-corrected chi connectivity index (χ3v) is 4.13. The number of hydrogen-bond donors (Lipinski definition) is 0. The van der Waals surface area contributed by atoms with Crippen molar-refractivity contribution in [2.24, 2.45) is 0 Å². The van der Waals surface area contributed by atoms with E-state index in [0.29, 0.717) is 31.5 Å². The lowest BCUT2D eigenvalue weighted by Gasteiger charge is -2.32. The average molecular weight is 340 g/mol. The van der Waals surface area contributed by atoms with Gasteiger partial charge in [-0.2, -0.15) is 0 Å². The first-order valence-corrected chi connectivity index (χ1v) is 8.10. The summed E-state index contributed by atoms with van der Waals surface area (Å²) in [5, 5.41) is 8.20. The van der Waals surface area contributed by atoms with Crippen molar-refractivity contribution in [3.05, 3.63) is 66.1 Å². The molecule has 3 heterocycles. The minimum atomic E-state index is -0.245. The summed E-state index contributed by atoms with van der Waals surface area (Å²) >= 11 is 0. The molecule has 1 aliphatic rings. The van der Waals surface area contributed by atoms with E-state index in [0.717, 1.165) is 17.7 Å². The van der Waals surface area contributed by atoms with Gasteiger partial charge in [0.1, 0.15) is 5.82 Å². The minimum Gasteiger partial charge on any atom is -0.419 e. The quantitative estimate of drug-likeness (QED) is 0.728. The number of aromatic nitrogens is 3. The smallest absolute Gasteiger partial charge is 0.249 e. The second-order valence-electron chi connectivity index (χ2n) is 5.89. The number of nitrogens with zero attached hydrogens (tertiary/aromatic N) is 4. The van der Waals surface area contributed by atoms with E-state index in [4.69, 9.17) is 9.15 Å². The summed E-state index contributed by atoms with van der Waals surface area (Å²) in [5.74, 6) is 0.773. The first-order chi connectivity index (χ1) is 12.3. The molecule has 25 heavy (non-hydrogen) atoms. The van der Waals surface area contributed by atoms with Gasteiger partial charge in [-0.15, -0.1) is 10.2 Å². The van der Waals surface area contributed by atoms with Crippen molar-refractivity contribution in [2.75, 3.05) is 19.7 Å². The molecule has 3 aromatic rings. The maximum atomic E-state index is 13.1. The molecule has 0 N–H and O–H groups in total. The van der Waals surface area contributed by atoms with Crippen LogP contribution in [0.4, 0.5) is 4.39 Å². The third-order valence-electron chi connectivity index (χ3n) is 4.13. The molecule has 0 bridgehead atoms. The largest absolute Gasteiger partial charge is 0.419 e. The molecule has 1 aliphatic heterocycles. The predicted octanol–water partition coefficient (Wildman–Crippen LogP) is 2.84. The Labute approximate surface area is 144 Å². The van der Waals surface area contributed by atoms with Crippen molar-refractivity contribution in [3.8, 4) is 11.5 Å². The Kier molecular flexibility index (Phi) is 4.49. The molecule has 0 amide bonds. The molecular formula is C18H17FN4O2. The number of hydrogen-bond acceptors (Lipinski definition) is 6. The van der Waals surface area contributed by atoms with Crippen LogP contribution in [0.3, 0.4) is 0 Å². The lowest BCUT2D eigenvalue weighted by Crippen LogP contribution is -2.37. The second-order valence-corrected chi connectivity index (χ2v) is 5.89. The van der Waals surface area contributed by atoms with Gasteiger partial charge in [-0.1, -0.05) is 12.1 Å². The molecule has 1 fully saturated rings. The molecular weight excluding hydrogens is 323 g/mol. The van der Waals surface area contributed by atoms with Crippen LogP contribution in [0.25, 0.3) is 11.5 Å². The van der Waals surface area contributed by atoms with Crippen molar-refractivity contribution in [1.29, 1.82) is 0 Å². The van der Waals surface area contributed by atoms with Crippen molar-refractivity contribution >= 4 is 0 Å². The molecule has 0 spiro atoms. The van der Waals surface area contributed by atoms with Crippen LogP contribution in [0.2, 0.25) is 0 Å². The summed E-state index contributed by atoms with van der Waals surface area (Å²) in [4.78, 5) is 6.25. The molecule has 6 nitrogen and oxygen atoms in total. The molecule has 2 aromatic heterocycles. The van der Waals surface area contributed by atoms with Crippen LogP contribution in [0.1, 0.15) is 17.6 Å².